The van der Waals surface area contributed by atoms with Crippen LogP contribution >= 0.6 is 24.0 Å². The van der Waals surface area contributed by atoms with Crippen LogP contribution in [-0.2, 0) is 13.0 Å². The van der Waals surface area contributed by atoms with Crippen molar-refractivity contribution in [1.82, 2.24) is 20.4 Å². The Balaban J connectivity index is 0.00000280. The van der Waals surface area contributed by atoms with Crippen molar-refractivity contribution in [2.24, 2.45) is 4.99 Å². The highest BCUT2D eigenvalue weighted by molar-refractivity contribution is 14.0. The Morgan fingerprint density at radius 1 is 1.11 bits per heavy atom. The topological polar surface area (TPSA) is 54.2 Å². The molecule has 3 rings (SSSR count). The van der Waals surface area contributed by atoms with Gasteiger partial charge >= 0.3 is 0 Å². The maximum absolute atomic E-state index is 13.6. The van der Waals surface area contributed by atoms with Crippen LogP contribution in [0.15, 0.2) is 65.9 Å². The summed E-state index contributed by atoms with van der Waals surface area (Å²) in [6.07, 6.45) is 4.56. The maximum atomic E-state index is 13.6. The molecule has 0 amide bonds. The predicted molar refractivity (Wildman–Crippen MR) is 122 cm³/mol. The Kier molecular flexibility index (Phi) is 8.43. The first kappa shape index (κ1) is 21.9. The fraction of sp³-hybridized carbons (Fsp3) is 0.238. The van der Waals surface area contributed by atoms with E-state index in [1.54, 1.807) is 32.3 Å². The summed E-state index contributed by atoms with van der Waals surface area (Å²) in [4.78, 5) is 4.21. The molecule has 1 aromatic heterocycles. The number of benzene rings is 2. The molecule has 2 aromatic carbocycles. The van der Waals surface area contributed by atoms with Crippen molar-refractivity contribution in [3.05, 3.63) is 83.4 Å². The lowest BCUT2D eigenvalue weighted by Gasteiger charge is -2.12. The summed E-state index contributed by atoms with van der Waals surface area (Å²) >= 11 is 0. The summed E-state index contributed by atoms with van der Waals surface area (Å²) in [5.41, 5.74) is 3.81. The molecule has 1 heterocycles. The van der Waals surface area contributed by atoms with Gasteiger partial charge in [0.1, 0.15) is 5.82 Å². The second kappa shape index (κ2) is 10.8. The fourth-order valence-electron chi connectivity index (χ4n) is 2.71. The van der Waals surface area contributed by atoms with Gasteiger partial charge in [-0.3, -0.25) is 4.99 Å². The molecule has 0 radical (unpaired) electrons. The van der Waals surface area contributed by atoms with Crippen LogP contribution in [0.2, 0.25) is 0 Å². The quantitative estimate of drug-likeness (QED) is 0.312. The van der Waals surface area contributed by atoms with Gasteiger partial charge in [0, 0.05) is 32.5 Å². The van der Waals surface area contributed by atoms with Crippen molar-refractivity contribution < 1.29 is 4.39 Å². The minimum absolute atomic E-state index is 0. The third-order valence-electron chi connectivity index (χ3n) is 4.33. The van der Waals surface area contributed by atoms with E-state index in [1.807, 2.05) is 23.0 Å². The van der Waals surface area contributed by atoms with Crippen LogP contribution in [-0.4, -0.2) is 29.3 Å². The number of rotatable bonds is 6. The molecule has 0 atom stereocenters. The average molecular weight is 493 g/mol. The molecular weight excluding hydrogens is 468 g/mol. The first-order valence-electron chi connectivity index (χ1n) is 8.94. The molecule has 7 heteroatoms. The van der Waals surface area contributed by atoms with E-state index >= 15 is 0 Å². The second-order valence-corrected chi connectivity index (χ2v) is 6.30. The largest absolute Gasteiger partial charge is 0.356 e. The fourth-order valence-corrected chi connectivity index (χ4v) is 2.71. The van der Waals surface area contributed by atoms with E-state index in [4.69, 9.17) is 0 Å². The molecule has 0 aliphatic heterocycles. The molecule has 2 N–H and O–H groups in total. The predicted octanol–water partition coefficient (Wildman–Crippen LogP) is 3.85. The highest BCUT2D eigenvalue weighted by Crippen LogP contribution is 2.10. The van der Waals surface area contributed by atoms with Gasteiger partial charge in [0.2, 0.25) is 0 Å². The van der Waals surface area contributed by atoms with Gasteiger partial charge in [-0.15, -0.1) is 24.0 Å². The number of hydrogen-bond donors (Lipinski definition) is 2. The van der Waals surface area contributed by atoms with Gasteiger partial charge in [0.15, 0.2) is 5.96 Å². The van der Waals surface area contributed by atoms with E-state index in [-0.39, 0.29) is 29.8 Å². The summed E-state index contributed by atoms with van der Waals surface area (Å²) in [7, 11) is 1.73. The van der Waals surface area contributed by atoms with Gasteiger partial charge in [-0.25, -0.2) is 9.07 Å². The first-order chi connectivity index (χ1) is 13.2. The molecular formula is C21H25FIN5. The number of nitrogens with zero attached hydrogens (tertiary/aromatic N) is 3. The molecule has 0 unspecified atom stereocenters. The molecule has 0 saturated carbocycles. The SMILES string of the molecule is CN=C(NCCc1ccc(-n2cccn2)cc1)NCc1ccc(C)c(F)c1.I. The highest BCUT2D eigenvalue weighted by atomic mass is 127. The van der Waals surface area contributed by atoms with Crippen LogP contribution in [0, 0.1) is 12.7 Å². The molecule has 3 aromatic rings. The number of aromatic nitrogens is 2. The van der Waals surface area contributed by atoms with Crippen LogP contribution in [0.4, 0.5) is 4.39 Å². The van der Waals surface area contributed by atoms with Crippen molar-refractivity contribution in [1.29, 1.82) is 0 Å². The van der Waals surface area contributed by atoms with Gasteiger partial charge in [-0.1, -0.05) is 24.3 Å². The molecule has 0 bridgehead atoms. The number of guanidine groups is 1. The zero-order chi connectivity index (χ0) is 19.1. The summed E-state index contributed by atoms with van der Waals surface area (Å²) in [6.45, 7) is 3.03. The summed E-state index contributed by atoms with van der Waals surface area (Å²) in [5.74, 6) is 0.514. The van der Waals surface area contributed by atoms with Crippen molar-refractivity contribution in [2.45, 2.75) is 19.9 Å². The molecule has 5 nitrogen and oxygen atoms in total. The van der Waals surface area contributed by atoms with Crippen LogP contribution in [0.3, 0.4) is 0 Å². The molecule has 0 aliphatic carbocycles. The van der Waals surface area contributed by atoms with Gasteiger partial charge in [-0.2, -0.15) is 5.10 Å². The maximum Gasteiger partial charge on any atom is 0.191 e. The third kappa shape index (κ3) is 6.05. The number of nitrogens with one attached hydrogen (secondary N) is 2. The molecule has 0 fully saturated rings. The van der Waals surface area contributed by atoms with Crippen LogP contribution in [0.25, 0.3) is 5.69 Å². The van der Waals surface area contributed by atoms with E-state index in [0.717, 1.165) is 24.2 Å². The van der Waals surface area contributed by atoms with Crippen molar-refractivity contribution >= 4 is 29.9 Å². The van der Waals surface area contributed by atoms with Gasteiger partial charge in [0.05, 0.1) is 5.69 Å². The zero-order valence-corrected chi connectivity index (χ0v) is 18.4. The third-order valence-corrected chi connectivity index (χ3v) is 4.33. The van der Waals surface area contributed by atoms with E-state index in [2.05, 4.69) is 45.0 Å². The van der Waals surface area contributed by atoms with E-state index in [0.29, 0.717) is 18.1 Å². The zero-order valence-electron chi connectivity index (χ0n) is 16.0. The molecule has 0 spiro atoms. The Labute approximate surface area is 182 Å². The van der Waals surface area contributed by atoms with E-state index in [9.17, 15) is 4.39 Å². The van der Waals surface area contributed by atoms with E-state index in [1.165, 1.54) is 5.56 Å². The minimum Gasteiger partial charge on any atom is -0.356 e. The van der Waals surface area contributed by atoms with Crippen LogP contribution < -0.4 is 10.6 Å². The summed E-state index contributed by atoms with van der Waals surface area (Å²) in [5, 5.41) is 10.7. The Hall–Kier alpha value is -2.42. The second-order valence-electron chi connectivity index (χ2n) is 6.30. The number of halogens is 2. The number of hydrogen-bond acceptors (Lipinski definition) is 2. The molecule has 0 saturated heterocycles. The van der Waals surface area contributed by atoms with Crippen molar-refractivity contribution in [2.75, 3.05) is 13.6 Å². The van der Waals surface area contributed by atoms with Crippen molar-refractivity contribution in [3.8, 4) is 5.69 Å². The molecule has 28 heavy (non-hydrogen) atoms. The lowest BCUT2D eigenvalue weighted by atomic mass is 10.1. The summed E-state index contributed by atoms with van der Waals surface area (Å²) in [6, 6.07) is 15.5. The summed E-state index contributed by atoms with van der Waals surface area (Å²) < 4.78 is 15.5. The minimum atomic E-state index is -0.184. The normalized spacial score (nSPS) is 11.0. The Morgan fingerprint density at radius 2 is 1.86 bits per heavy atom. The number of aliphatic imine (C=N–C) groups is 1. The van der Waals surface area contributed by atoms with Gasteiger partial charge in [0.25, 0.3) is 0 Å². The number of aryl methyl sites for hydroxylation is 1. The van der Waals surface area contributed by atoms with Gasteiger partial charge in [-0.05, 0) is 54.3 Å². The molecule has 0 aliphatic rings. The van der Waals surface area contributed by atoms with Gasteiger partial charge < -0.3 is 10.6 Å². The standard InChI is InChI=1S/C21H24FN5.HI/c1-16-4-5-18(14-20(16)22)15-25-21(23-2)24-12-10-17-6-8-19(9-7-17)27-13-3-11-26-27;/h3-9,11,13-14H,10,12,15H2,1-2H3,(H2,23,24,25);1H. The Morgan fingerprint density at radius 3 is 2.50 bits per heavy atom. The lowest BCUT2D eigenvalue weighted by molar-refractivity contribution is 0.615. The monoisotopic (exact) mass is 493 g/mol. The van der Waals surface area contributed by atoms with Crippen LogP contribution in [0.5, 0.6) is 0 Å². The average Bonchev–Trinajstić information content (AvgIpc) is 3.22. The highest BCUT2D eigenvalue weighted by Gasteiger charge is 2.02. The first-order valence-corrected chi connectivity index (χ1v) is 8.94. The molecule has 148 valence electrons. The Bertz CT molecular complexity index is 892. The smallest absolute Gasteiger partial charge is 0.191 e. The van der Waals surface area contributed by atoms with E-state index < -0.39 is 0 Å². The lowest BCUT2D eigenvalue weighted by Crippen LogP contribution is -2.37. The van der Waals surface area contributed by atoms with Crippen molar-refractivity contribution in [3.63, 3.8) is 0 Å². The van der Waals surface area contributed by atoms with Crippen LogP contribution in [0.1, 0.15) is 16.7 Å².